The van der Waals surface area contributed by atoms with Gasteiger partial charge in [0.1, 0.15) is 5.82 Å². The molecule has 2 rings (SSSR count). The highest BCUT2D eigenvalue weighted by atomic mass is 16.5. The van der Waals surface area contributed by atoms with Crippen molar-refractivity contribution in [2.75, 3.05) is 12.3 Å². The molecular formula is C16H26N2O2. The number of nitrogens with zero attached hydrogens (tertiary/aromatic N) is 1. The average molecular weight is 278 g/mol. The first kappa shape index (κ1) is 15.3. The van der Waals surface area contributed by atoms with Crippen LogP contribution in [0.3, 0.4) is 0 Å². The molecule has 1 aliphatic rings. The Bertz CT molecular complexity index is 405. The Morgan fingerprint density at radius 3 is 2.80 bits per heavy atom. The molecule has 0 amide bonds. The second-order valence-corrected chi connectivity index (χ2v) is 5.64. The number of ether oxygens (including phenoxy) is 1. The first-order valence-corrected chi connectivity index (χ1v) is 7.71. The molecule has 0 saturated heterocycles. The van der Waals surface area contributed by atoms with E-state index in [-0.39, 0.29) is 6.10 Å². The summed E-state index contributed by atoms with van der Waals surface area (Å²) >= 11 is 0. The molecule has 2 unspecified atom stereocenters. The lowest BCUT2D eigenvalue weighted by Gasteiger charge is -2.33. The van der Waals surface area contributed by atoms with Crippen LogP contribution in [0, 0.1) is 5.92 Å². The molecular weight excluding hydrogens is 252 g/mol. The Hall–Kier alpha value is -1.13. The Morgan fingerprint density at radius 1 is 1.40 bits per heavy atom. The molecule has 0 spiro atoms. The summed E-state index contributed by atoms with van der Waals surface area (Å²) in [6.07, 6.45) is 7.71. The fourth-order valence-electron chi connectivity index (χ4n) is 3.18. The highest BCUT2D eigenvalue weighted by Gasteiger charge is 2.30. The second-order valence-electron chi connectivity index (χ2n) is 5.64. The van der Waals surface area contributed by atoms with Crippen molar-refractivity contribution >= 4 is 5.82 Å². The van der Waals surface area contributed by atoms with E-state index in [0.29, 0.717) is 24.8 Å². The maximum Gasteiger partial charge on any atom is 0.126 e. The molecule has 4 heteroatoms. The number of aliphatic hydroxyl groups excluding tert-OH is 1. The van der Waals surface area contributed by atoms with Gasteiger partial charge in [-0.05, 0) is 37.3 Å². The number of aromatic nitrogens is 1. The zero-order valence-corrected chi connectivity index (χ0v) is 12.3. The molecule has 0 radical (unpaired) electrons. The minimum absolute atomic E-state index is 0.0834. The van der Waals surface area contributed by atoms with E-state index in [0.717, 1.165) is 18.4 Å². The van der Waals surface area contributed by atoms with E-state index >= 15 is 0 Å². The molecule has 1 aromatic heterocycles. The van der Waals surface area contributed by atoms with E-state index in [4.69, 9.17) is 10.5 Å². The number of anilines is 1. The van der Waals surface area contributed by atoms with Crippen LogP contribution in [0.5, 0.6) is 0 Å². The molecule has 2 atom stereocenters. The predicted octanol–water partition coefficient (Wildman–Crippen LogP) is 2.55. The topological polar surface area (TPSA) is 68.4 Å². The summed E-state index contributed by atoms with van der Waals surface area (Å²) in [5.74, 6) is 0.974. The summed E-state index contributed by atoms with van der Waals surface area (Å²) in [6, 6.07) is 3.78. The van der Waals surface area contributed by atoms with Gasteiger partial charge >= 0.3 is 0 Å². The predicted molar refractivity (Wildman–Crippen MR) is 80.3 cm³/mol. The average Bonchev–Trinajstić information content (AvgIpc) is 2.48. The number of hydrogen-bond acceptors (Lipinski definition) is 4. The van der Waals surface area contributed by atoms with Gasteiger partial charge in [-0.25, -0.2) is 4.98 Å². The lowest BCUT2D eigenvalue weighted by atomic mass is 9.82. The van der Waals surface area contributed by atoms with Crippen molar-refractivity contribution in [1.29, 1.82) is 0 Å². The van der Waals surface area contributed by atoms with Gasteiger partial charge in [0.2, 0.25) is 0 Å². The standard InChI is InChI=1S/C16H26N2O2/c1-2-20-15(12-7-4-3-5-8-12)14(19)11-13-9-6-10-18-16(13)17/h6,9-10,12,14-15,19H,2-5,7-8,11H2,1H3,(H2,17,18). The fourth-order valence-corrected chi connectivity index (χ4v) is 3.18. The van der Waals surface area contributed by atoms with E-state index in [1.165, 1.54) is 19.3 Å². The first-order valence-electron chi connectivity index (χ1n) is 7.71. The molecule has 1 saturated carbocycles. The van der Waals surface area contributed by atoms with Crippen LogP contribution in [0.25, 0.3) is 0 Å². The lowest BCUT2D eigenvalue weighted by Crippen LogP contribution is -2.38. The zero-order chi connectivity index (χ0) is 14.4. The molecule has 0 aromatic carbocycles. The third kappa shape index (κ3) is 3.93. The Labute approximate surface area is 121 Å². The van der Waals surface area contributed by atoms with Gasteiger partial charge in [0.05, 0.1) is 12.2 Å². The van der Waals surface area contributed by atoms with Gasteiger partial charge in [-0.15, -0.1) is 0 Å². The molecule has 1 aromatic rings. The lowest BCUT2D eigenvalue weighted by molar-refractivity contribution is -0.0715. The van der Waals surface area contributed by atoms with Crippen molar-refractivity contribution in [3.8, 4) is 0 Å². The van der Waals surface area contributed by atoms with Crippen LogP contribution < -0.4 is 5.73 Å². The van der Waals surface area contributed by atoms with E-state index in [1.807, 2.05) is 19.1 Å². The fraction of sp³-hybridized carbons (Fsp3) is 0.688. The summed E-state index contributed by atoms with van der Waals surface area (Å²) in [5, 5.41) is 10.6. The van der Waals surface area contributed by atoms with Crippen molar-refractivity contribution in [2.24, 2.45) is 5.92 Å². The van der Waals surface area contributed by atoms with Gasteiger partial charge in [-0.1, -0.05) is 25.3 Å². The first-order chi connectivity index (χ1) is 9.72. The molecule has 1 heterocycles. The van der Waals surface area contributed by atoms with Crippen molar-refractivity contribution in [2.45, 2.75) is 57.7 Å². The van der Waals surface area contributed by atoms with Crippen molar-refractivity contribution in [3.05, 3.63) is 23.9 Å². The summed E-state index contributed by atoms with van der Waals surface area (Å²) in [4.78, 5) is 4.08. The van der Waals surface area contributed by atoms with Crippen LogP contribution >= 0.6 is 0 Å². The highest BCUT2D eigenvalue weighted by Crippen LogP contribution is 2.30. The quantitative estimate of drug-likeness (QED) is 0.839. The summed E-state index contributed by atoms with van der Waals surface area (Å²) in [5.41, 5.74) is 6.76. The monoisotopic (exact) mass is 278 g/mol. The molecule has 0 bridgehead atoms. The van der Waals surface area contributed by atoms with Crippen LogP contribution in [-0.4, -0.2) is 28.9 Å². The molecule has 3 N–H and O–H groups in total. The van der Waals surface area contributed by atoms with Crippen LogP contribution in [0.15, 0.2) is 18.3 Å². The number of rotatable bonds is 6. The number of nitrogen functional groups attached to an aromatic ring is 1. The number of hydrogen-bond donors (Lipinski definition) is 2. The number of pyridine rings is 1. The SMILES string of the molecule is CCOC(C(O)Cc1cccnc1N)C1CCCCC1. The van der Waals surface area contributed by atoms with Gasteiger partial charge in [0, 0.05) is 19.2 Å². The molecule has 112 valence electrons. The normalized spacial score (nSPS) is 19.7. The van der Waals surface area contributed by atoms with E-state index < -0.39 is 6.10 Å². The molecule has 4 nitrogen and oxygen atoms in total. The molecule has 0 aliphatic heterocycles. The zero-order valence-electron chi connectivity index (χ0n) is 12.3. The Kier molecular flexibility index (Phi) is 5.80. The molecule has 1 aliphatic carbocycles. The largest absolute Gasteiger partial charge is 0.390 e. The van der Waals surface area contributed by atoms with Gasteiger partial charge in [0.25, 0.3) is 0 Å². The summed E-state index contributed by atoms with van der Waals surface area (Å²) < 4.78 is 5.84. The van der Waals surface area contributed by atoms with Gasteiger partial charge < -0.3 is 15.6 Å². The smallest absolute Gasteiger partial charge is 0.126 e. The van der Waals surface area contributed by atoms with Crippen molar-refractivity contribution in [1.82, 2.24) is 4.98 Å². The Balaban J connectivity index is 2.02. The van der Waals surface area contributed by atoms with Crippen LogP contribution in [-0.2, 0) is 11.2 Å². The van der Waals surface area contributed by atoms with Gasteiger partial charge in [-0.2, -0.15) is 0 Å². The summed E-state index contributed by atoms with van der Waals surface area (Å²) in [7, 11) is 0. The van der Waals surface area contributed by atoms with Gasteiger partial charge in [0.15, 0.2) is 0 Å². The molecule has 1 fully saturated rings. The molecule has 20 heavy (non-hydrogen) atoms. The van der Waals surface area contributed by atoms with E-state index in [1.54, 1.807) is 6.20 Å². The van der Waals surface area contributed by atoms with E-state index in [2.05, 4.69) is 4.98 Å². The summed E-state index contributed by atoms with van der Waals surface area (Å²) in [6.45, 7) is 2.63. The van der Waals surface area contributed by atoms with Crippen LogP contribution in [0.4, 0.5) is 5.82 Å². The maximum atomic E-state index is 10.6. The third-order valence-corrected chi connectivity index (χ3v) is 4.21. The number of nitrogens with two attached hydrogens (primary N) is 1. The Morgan fingerprint density at radius 2 is 2.15 bits per heavy atom. The van der Waals surface area contributed by atoms with E-state index in [9.17, 15) is 5.11 Å². The van der Waals surface area contributed by atoms with Crippen molar-refractivity contribution < 1.29 is 9.84 Å². The van der Waals surface area contributed by atoms with Crippen LogP contribution in [0.2, 0.25) is 0 Å². The van der Waals surface area contributed by atoms with Crippen LogP contribution in [0.1, 0.15) is 44.6 Å². The second kappa shape index (κ2) is 7.60. The van der Waals surface area contributed by atoms with Crippen molar-refractivity contribution in [3.63, 3.8) is 0 Å². The maximum absolute atomic E-state index is 10.6. The number of aliphatic hydroxyl groups is 1. The van der Waals surface area contributed by atoms with Gasteiger partial charge in [-0.3, -0.25) is 0 Å². The highest BCUT2D eigenvalue weighted by molar-refractivity contribution is 5.38. The minimum Gasteiger partial charge on any atom is -0.390 e. The third-order valence-electron chi connectivity index (χ3n) is 4.21. The minimum atomic E-state index is -0.510.